The Labute approximate surface area is 101 Å². The second-order valence-corrected chi connectivity index (χ2v) is 4.25. The lowest BCUT2D eigenvalue weighted by molar-refractivity contribution is 0.414. The predicted molar refractivity (Wildman–Crippen MR) is 68.6 cm³/mol. The van der Waals surface area contributed by atoms with Gasteiger partial charge in [0.25, 0.3) is 0 Å². The van der Waals surface area contributed by atoms with E-state index in [1.165, 1.54) is 0 Å². The molecule has 0 bridgehead atoms. The molecule has 0 unspecified atom stereocenters. The highest BCUT2D eigenvalue weighted by Gasteiger charge is 2.11. The van der Waals surface area contributed by atoms with Crippen LogP contribution in [0.1, 0.15) is 25.3 Å². The Bertz CT molecular complexity index is 500. The highest BCUT2D eigenvalue weighted by molar-refractivity contribution is 5.49. The van der Waals surface area contributed by atoms with Crippen LogP contribution in [0.25, 0.3) is 5.69 Å². The molecule has 1 aromatic carbocycles. The summed E-state index contributed by atoms with van der Waals surface area (Å²) in [6.07, 6.45) is 1.82. The van der Waals surface area contributed by atoms with Crippen molar-refractivity contribution in [2.75, 3.05) is 12.8 Å². The highest BCUT2D eigenvalue weighted by Crippen LogP contribution is 2.24. The summed E-state index contributed by atoms with van der Waals surface area (Å²) in [6.45, 7) is 4.21. The van der Waals surface area contributed by atoms with Crippen molar-refractivity contribution in [3.8, 4) is 11.4 Å². The third-order valence-electron chi connectivity index (χ3n) is 2.78. The van der Waals surface area contributed by atoms with Crippen LogP contribution in [0.5, 0.6) is 5.75 Å². The first-order chi connectivity index (χ1) is 8.13. The Morgan fingerprint density at radius 3 is 2.35 bits per heavy atom. The van der Waals surface area contributed by atoms with Crippen LogP contribution >= 0.6 is 0 Å². The van der Waals surface area contributed by atoms with E-state index in [0.717, 1.165) is 17.0 Å². The van der Waals surface area contributed by atoms with Crippen molar-refractivity contribution in [2.24, 2.45) is 0 Å². The largest absolute Gasteiger partial charge is 0.497 e. The summed E-state index contributed by atoms with van der Waals surface area (Å²) in [7, 11) is 1.65. The number of nitrogen functional groups attached to an aromatic ring is 1. The van der Waals surface area contributed by atoms with Crippen molar-refractivity contribution in [2.45, 2.75) is 19.8 Å². The van der Waals surface area contributed by atoms with Gasteiger partial charge in [-0.1, -0.05) is 13.8 Å². The van der Waals surface area contributed by atoms with Gasteiger partial charge in [-0.05, 0) is 30.2 Å². The second kappa shape index (κ2) is 4.49. The monoisotopic (exact) mass is 231 g/mol. The van der Waals surface area contributed by atoms with Crippen molar-refractivity contribution in [1.82, 2.24) is 9.78 Å². The predicted octanol–water partition coefficient (Wildman–Crippen LogP) is 2.59. The molecule has 2 N–H and O–H groups in total. The number of nitrogens with zero attached hydrogens (tertiary/aromatic N) is 2. The topological polar surface area (TPSA) is 53.1 Å². The van der Waals surface area contributed by atoms with E-state index in [4.69, 9.17) is 10.5 Å². The summed E-state index contributed by atoms with van der Waals surface area (Å²) in [5.41, 5.74) is 8.09. The average Bonchev–Trinajstić information content (AvgIpc) is 2.71. The Hall–Kier alpha value is -1.97. The maximum absolute atomic E-state index is 6.08. The summed E-state index contributed by atoms with van der Waals surface area (Å²) in [5, 5.41) is 4.31. The quantitative estimate of drug-likeness (QED) is 0.883. The molecule has 0 aliphatic rings. The highest BCUT2D eigenvalue weighted by atomic mass is 16.5. The van der Waals surface area contributed by atoms with Crippen molar-refractivity contribution >= 4 is 5.82 Å². The minimum absolute atomic E-state index is 0.377. The minimum Gasteiger partial charge on any atom is -0.497 e. The molecule has 0 fully saturated rings. The number of nitrogens with two attached hydrogens (primary N) is 1. The van der Waals surface area contributed by atoms with Crippen LogP contribution in [0.4, 0.5) is 5.82 Å². The summed E-state index contributed by atoms with van der Waals surface area (Å²) in [6, 6.07) is 7.66. The third-order valence-corrected chi connectivity index (χ3v) is 2.78. The lowest BCUT2D eigenvalue weighted by Gasteiger charge is -2.07. The SMILES string of the molecule is COc1ccc(-n2ncc(C(C)C)c2N)cc1. The number of rotatable bonds is 3. The van der Waals surface area contributed by atoms with Gasteiger partial charge in [-0.25, -0.2) is 4.68 Å². The maximum Gasteiger partial charge on any atom is 0.130 e. The molecular weight excluding hydrogens is 214 g/mol. The number of hydrogen-bond donors (Lipinski definition) is 1. The summed E-state index contributed by atoms with van der Waals surface area (Å²) >= 11 is 0. The molecule has 0 radical (unpaired) electrons. The van der Waals surface area contributed by atoms with Gasteiger partial charge in [0.05, 0.1) is 19.0 Å². The number of hydrogen-bond acceptors (Lipinski definition) is 3. The first-order valence-electron chi connectivity index (χ1n) is 5.61. The van der Waals surface area contributed by atoms with E-state index < -0.39 is 0 Å². The van der Waals surface area contributed by atoms with Gasteiger partial charge in [-0.2, -0.15) is 5.10 Å². The summed E-state index contributed by atoms with van der Waals surface area (Å²) < 4.78 is 6.86. The van der Waals surface area contributed by atoms with Crippen LogP contribution < -0.4 is 10.5 Å². The molecule has 0 amide bonds. The number of aromatic nitrogens is 2. The van der Waals surface area contributed by atoms with E-state index >= 15 is 0 Å². The smallest absolute Gasteiger partial charge is 0.130 e. The Morgan fingerprint density at radius 1 is 1.24 bits per heavy atom. The van der Waals surface area contributed by atoms with E-state index in [-0.39, 0.29) is 0 Å². The van der Waals surface area contributed by atoms with Crippen LogP contribution in [0.3, 0.4) is 0 Å². The third kappa shape index (κ3) is 2.11. The molecule has 0 aliphatic heterocycles. The Kier molecular flexibility index (Phi) is 3.04. The van der Waals surface area contributed by atoms with Crippen LogP contribution in [-0.4, -0.2) is 16.9 Å². The molecule has 0 saturated heterocycles. The second-order valence-electron chi connectivity index (χ2n) is 4.25. The molecule has 1 heterocycles. The average molecular weight is 231 g/mol. The van der Waals surface area contributed by atoms with Crippen LogP contribution in [0, 0.1) is 0 Å². The summed E-state index contributed by atoms with van der Waals surface area (Å²) in [5.74, 6) is 1.90. The van der Waals surface area contributed by atoms with E-state index in [9.17, 15) is 0 Å². The molecular formula is C13H17N3O. The van der Waals surface area contributed by atoms with Gasteiger partial charge in [0.15, 0.2) is 0 Å². The number of benzene rings is 1. The van der Waals surface area contributed by atoms with Gasteiger partial charge in [-0.15, -0.1) is 0 Å². The van der Waals surface area contributed by atoms with Crippen molar-refractivity contribution in [3.63, 3.8) is 0 Å². The zero-order valence-electron chi connectivity index (χ0n) is 10.3. The Morgan fingerprint density at radius 2 is 1.88 bits per heavy atom. The van der Waals surface area contributed by atoms with Crippen LogP contribution in [0.15, 0.2) is 30.5 Å². The van der Waals surface area contributed by atoms with Crippen molar-refractivity contribution < 1.29 is 4.74 Å². The van der Waals surface area contributed by atoms with Gasteiger partial charge < -0.3 is 10.5 Å². The molecule has 4 nitrogen and oxygen atoms in total. The first kappa shape index (κ1) is 11.5. The summed E-state index contributed by atoms with van der Waals surface area (Å²) in [4.78, 5) is 0. The molecule has 2 aromatic rings. The van der Waals surface area contributed by atoms with Crippen molar-refractivity contribution in [3.05, 3.63) is 36.0 Å². The van der Waals surface area contributed by atoms with Gasteiger partial charge in [0.2, 0.25) is 0 Å². The molecule has 4 heteroatoms. The lowest BCUT2D eigenvalue weighted by Crippen LogP contribution is -2.03. The van der Waals surface area contributed by atoms with E-state index in [1.807, 2.05) is 30.5 Å². The minimum atomic E-state index is 0.377. The molecule has 2 rings (SSSR count). The Balaban J connectivity index is 2.39. The fourth-order valence-corrected chi connectivity index (χ4v) is 1.74. The van der Waals surface area contributed by atoms with Crippen LogP contribution in [0.2, 0.25) is 0 Å². The van der Waals surface area contributed by atoms with Gasteiger partial charge >= 0.3 is 0 Å². The molecule has 0 aliphatic carbocycles. The number of anilines is 1. The lowest BCUT2D eigenvalue weighted by atomic mass is 10.1. The van der Waals surface area contributed by atoms with Gasteiger partial charge in [-0.3, -0.25) is 0 Å². The molecule has 90 valence electrons. The standard InChI is InChI=1S/C13H17N3O/c1-9(2)12-8-15-16(13(12)14)10-4-6-11(17-3)7-5-10/h4-9H,14H2,1-3H3. The van der Waals surface area contributed by atoms with Crippen molar-refractivity contribution in [1.29, 1.82) is 0 Å². The van der Waals surface area contributed by atoms with E-state index in [2.05, 4.69) is 18.9 Å². The fourth-order valence-electron chi connectivity index (χ4n) is 1.74. The molecule has 0 atom stereocenters. The van der Waals surface area contributed by atoms with Gasteiger partial charge in [0, 0.05) is 5.56 Å². The fraction of sp³-hybridized carbons (Fsp3) is 0.308. The number of methoxy groups -OCH3 is 1. The molecule has 0 saturated carbocycles. The van der Waals surface area contributed by atoms with Crippen LogP contribution in [-0.2, 0) is 0 Å². The molecule has 0 spiro atoms. The normalized spacial score (nSPS) is 10.8. The van der Waals surface area contributed by atoms with E-state index in [0.29, 0.717) is 11.7 Å². The first-order valence-corrected chi connectivity index (χ1v) is 5.61. The molecule has 17 heavy (non-hydrogen) atoms. The zero-order valence-corrected chi connectivity index (χ0v) is 10.3. The zero-order chi connectivity index (χ0) is 12.4. The van der Waals surface area contributed by atoms with Gasteiger partial charge in [0.1, 0.15) is 11.6 Å². The molecule has 1 aromatic heterocycles. The number of ether oxygens (including phenoxy) is 1. The maximum atomic E-state index is 6.08. The van der Waals surface area contributed by atoms with E-state index in [1.54, 1.807) is 11.8 Å².